The van der Waals surface area contributed by atoms with Gasteiger partial charge in [-0.3, -0.25) is 4.79 Å². The van der Waals surface area contributed by atoms with Crippen molar-refractivity contribution < 1.29 is 14.3 Å². The lowest BCUT2D eigenvalue weighted by molar-refractivity contribution is -0.157. The van der Waals surface area contributed by atoms with E-state index in [1.54, 1.807) is 11.8 Å². The van der Waals surface area contributed by atoms with Crippen LogP contribution in [0.3, 0.4) is 0 Å². The molecule has 1 amide bonds. The van der Waals surface area contributed by atoms with Gasteiger partial charge in [0, 0.05) is 10.9 Å². The lowest BCUT2D eigenvalue weighted by Gasteiger charge is -2.39. The third kappa shape index (κ3) is 3.42. The molecule has 3 unspecified atom stereocenters. The number of rotatable bonds is 3. The standard InChI is InChI=1S/C16H21NO3S/c1-21-15-5-3-2-4-12(15)16(18)17-11-6-7-13-14(10-11)20-9-8-19-13/h2-5,11,13-14H,6-10H2,1H3,(H,17,18). The van der Waals surface area contributed by atoms with Crippen LogP contribution in [0.2, 0.25) is 0 Å². The Morgan fingerprint density at radius 1 is 1.19 bits per heavy atom. The predicted octanol–water partition coefficient (Wildman–Crippen LogP) is 2.47. The highest BCUT2D eigenvalue weighted by Gasteiger charge is 2.34. The van der Waals surface area contributed by atoms with Gasteiger partial charge >= 0.3 is 0 Å². The molecule has 0 bridgehead atoms. The van der Waals surface area contributed by atoms with Gasteiger partial charge in [-0.2, -0.15) is 0 Å². The van der Waals surface area contributed by atoms with Crippen molar-refractivity contribution in [2.75, 3.05) is 19.5 Å². The lowest BCUT2D eigenvalue weighted by atomic mass is 9.89. The van der Waals surface area contributed by atoms with Crippen molar-refractivity contribution in [2.24, 2.45) is 0 Å². The molecule has 4 nitrogen and oxygen atoms in total. The first-order valence-electron chi connectivity index (χ1n) is 7.45. The molecule has 3 rings (SSSR count). The van der Waals surface area contributed by atoms with Gasteiger partial charge in [0.25, 0.3) is 5.91 Å². The van der Waals surface area contributed by atoms with E-state index in [1.807, 2.05) is 30.5 Å². The van der Waals surface area contributed by atoms with Crippen LogP contribution < -0.4 is 5.32 Å². The molecule has 0 spiro atoms. The maximum Gasteiger partial charge on any atom is 0.252 e. The number of fused-ring (bicyclic) bond motifs is 1. The summed E-state index contributed by atoms with van der Waals surface area (Å²) < 4.78 is 11.5. The smallest absolute Gasteiger partial charge is 0.252 e. The zero-order valence-corrected chi connectivity index (χ0v) is 13.0. The van der Waals surface area contributed by atoms with Crippen LogP contribution in [0, 0.1) is 0 Å². The summed E-state index contributed by atoms with van der Waals surface area (Å²) in [6, 6.07) is 7.90. The van der Waals surface area contributed by atoms with E-state index in [-0.39, 0.29) is 24.2 Å². The van der Waals surface area contributed by atoms with Gasteiger partial charge in [-0.1, -0.05) is 12.1 Å². The fourth-order valence-corrected chi connectivity index (χ4v) is 3.69. The molecule has 114 valence electrons. The van der Waals surface area contributed by atoms with Crippen molar-refractivity contribution in [3.63, 3.8) is 0 Å². The highest BCUT2D eigenvalue weighted by molar-refractivity contribution is 7.98. The summed E-state index contributed by atoms with van der Waals surface area (Å²) in [5.41, 5.74) is 0.757. The molecule has 21 heavy (non-hydrogen) atoms. The number of carbonyl (C=O) groups is 1. The van der Waals surface area contributed by atoms with Crippen LogP contribution in [-0.2, 0) is 9.47 Å². The van der Waals surface area contributed by atoms with Crippen LogP contribution in [-0.4, -0.2) is 43.6 Å². The maximum atomic E-state index is 12.5. The molecule has 1 N–H and O–H groups in total. The summed E-state index contributed by atoms with van der Waals surface area (Å²) in [7, 11) is 0. The van der Waals surface area contributed by atoms with Gasteiger partial charge in [0.15, 0.2) is 0 Å². The average molecular weight is 307 g/mol. The van der Waals surface area contributed by atoms with Crippen molar-refractivity contribution in [3.05, 3.63) is 29.8 Å². The lowest BCUT2D eigenvalue weighted by Crippen LogP contribution is -2.49. The zero-order chi connectivity index (χ0) is 14.7. The molecule has 0 radical (unpaired) electrons. The van der Waals surface area contributed by atoms with Gasteiger partial charge < -0.3 is 14.8 Å². The first-order chi connectivity index (χ1) is 10.3. The maximum absolute atomic E-state index is 12.5. The Balaban J connectivity index is 1.62. The summed E-state index contributed by atoms with van der Waals surface area (Å²) in [5, 5.41) is 3.16. The number of hydrogen-bond donors (Lipinski definition) is 1. The number of benzene rings is 1. The normalized spacial score (nSPS) is 28.7. The second-order valence-electron chi connectivity index (χ2n) is 5.50. The molecule has 1 aliphatic carbocycles. The topological polar surface area (TPSA) is 47.6 Å². The zero-order valence-electron chi connectivity index (χ0n) is 12.2. The van der Waals surface area contributed by atoms with E-state index in [2.05, 4.69) is 5.32 Å². The highest BCUT2D eigenvalue weighted by Crippen LogP contribution is 2.27. The quantitative estimate of drug-likeness (QED) is 0.872. The van der Waals surface area contributed by atoms with Crippen LogP contribution in [0.25, 0.3) is 0 Å². The fraction of sp³-hybridized carbons (Fsp3) is 0.562. The molecule has 2 aliphatic rings. The van der Waals surface area contributed by atoms with E-state index < -0.39 is 0 Å². The van der Waals surface area contributed by atoms with E-state index in [0.29, 0.717) is 13.2 Å². The Morgan fingerprint density at radius 3 is 2.76 bits per heavy atom. The number of ether oxygens (including phenoxy) is 2. The van der Waals surface area contributed by atoms with Gasteiger partial charge in [-0.25, -0.2) is 0 Å². The third-order valence-electron chi connectivity index (χ3n) is 4.17. The largest absolute Gasteiger partial charge is 0.373 e. The molecule has 1 heterocycles. The van der Waals surface area contributed by atoms with Crippen LogP contribution in [0.15, 0.2) is 29.2 Å². The number of hydrogen-bond acceptors (Lipinski definition) is 4. The van der Waals surface area contributed by atoms with E-state index in [9.17, 15) is 4.79 Å². The Kier molecular flexibility index (Phi) is 4.83. The van der Waals surface area contributed by atoms with Crippen molar-refractivity contribution in [3.8, 4) is 0 Å². The van der Waals surface area contributed by atoms with Crippen LogP contribution >= 0.6 is 11.8 Å². The number of nitrogens with one attached hydrogen (secondary N) is 1. The summed E-state index contributed by atoms with van der Waals surface area (Å²) in [6.45, 7) is 1.36. The Bertz CT molecular complexity index is 508. The average Bonchev–Trinajstić information content (AvgIpc) is 2.54. The summed E-state index contributed by atoms with van der Waals surface area (Å²) in [4.78, 5) is 13.5. The molecule has 1 aromatic carbocycles. The molecular formula is C16H21NO3S. The molecule has 5 heteroatoms. The Morgan fingerprint density at radius 2 is 1.95 bits per heavy atom. The van der Waals surface area contributed by atoms with Crippen molar-refractivity contribution in [2.45, 2.75) is 42.4 Å². The minimum absolute atomic E-state index is 0.0140. The second-order valence-corrected chi connectivity index (χ2v) is 6.35. The van der Waals surface area contributed by atoms with E-state index in [0.717, 1.165) is 29.7 Å². The minimum Gasteiger partial charge on any atom is -0.373 e. The predicted molar refractivity (Wildman–Crippen MR) is 82.8 cm³/mol. The van der Waals surface area contributed by atoms with Gasteiger partial charge in [0.05, 0.1) is 31.0 Å². The summed E-state index contributed by atoms with van der Waals surface area (Å²) in [5.74, 6) is 0.0140. The van der Waals surface area contributed by atoms with Crippen LogP contribution in [0.1, 0.15) is 29.6 Å². The van der Waals surface area contributed by atoms with Gasteiger partial charge in [0.2, 0.25) is 0 Å². The SMILES string of the molecule is CSc1ccccc1C(=O)NC1CCC2OCCOC2C1. The third-order valence-corrected chi connectivity index (χ3v) is 4.96. The second kappa shape index (κ2) is 6.81. The molecule has 1 saturated heterocycles. The van der Waals surface area contributed by atoms with E-state index in [4.69, 9.17) is 9.47 Å². The first-order valence-corrected chi connectivity index (χ1v) is 8.67. The molecule has 0 aromatic heterocycles. The van der Waals surface area contributed by atoms with Gasteiger partial charge in [0.1, 0.15) is 0 Å². The number of thioether (sulfide) groups is 1. The van der Waals surface area contributed by atoms with Crippen LogP contribution in [0.5, 0.6) is 0 Å². The van der Waals surface area contributed by atoms with Crippen molar-refractivity contribution in [1.29, 1.82) is 0 Å². The first kappa shape index (κ1) is 14.9. The highest BCUT2D eigenvalue weighted by atomic mass is 32.2. The molecule has 1 saturated carbocycles. The molecule has 1 aliphatic heterocycles. The molecule has 1 aromatic rings. The number of amides is 1. The minimum atomic E-state index is 0.0140. The van der Waals surface area contributed by atoms with Crippen molar-refractivity contribution in [1.82, 2.24) is 5.32 Å². The summed E-state index contributed by atoms with van der Waals surface area (Å²) in [6.07, 6.45) is 5.10. The molecule has 3 atom stereocenters. The fourth-order valence-electron chi connectivity index (χ4n) is 3.09. The van der Waals surface area contributed by atoms with E-state index >= 15 is 0 Å². The summed E-state index contributed by atoms with van der Waals surface area (Å²) >= 11 is 1.60. The van der Waals surface area contributed by atoms with Crippen LogP contribution in [0.4, 0.5) is 0 Å². The monoisotopic (exact) mass is 307 g/mol. The van der Waals surface area contributed by atoms with Crippen molar-refractivity contribution >= 4 is 17.7 Å². The molecule has 2 fully saturated rings. The number of carbonyl (C=O) groups excluding carboxylic acids is 1. The Labute approximate surface area is 129 Å². The Hall–Kier alpha value is -1.04. The van der Waals surface area contributed by atoms with E-state index in [1.165, 1.54) is 0 Å². The van der Waals surface area contributed by atoms with Gasteiger partial charge in [-0.05, 0) is 37.7 Å². The molecular weight excluding hydrogens is 286 g/mol. The van der Waals surface area contributed by atoms with Gasteiger partial charge in [-0.15, -0.1) is 11.8 Å².